The zero-order valence-electron chi connectivity index (χ0n) is 9.91. The van der Waals surface area contributed by atoms with Crippen LogP contribution in [0.3, 0.4) is 0 Å². The Bertz CT molecular complexity index is 754. The van der Waals surface area contributed by atoms with Gasteiger partial charge in [-0.1, -0.05) is 18.2 Å². The molecule has 3 rings (SSSR count). The molecule has 2 aromatic heterocycles. The second-order valence-electron chi connectivity index (χ2n) is 4.10. The van der Waals surface area contributed by atoms with Crippen molar-refractivity contribution in [1.29, 1.82) is 0 Å². The van der Waals surface area contributed by atoms with Crippen LogP contribution in [0.25, 0.3) is 22.2 Å². The second-order valence-corrected chi connectivity index (χ2v) is 4.10. The Labute approximate surface area is 109 Å². The molecular formula is C15H9N2O2-. The summed E-state index contributed by atoms with van der Waals surface area (Å²) in [6.07, 6.45) is 3.29. The highest BCUT2D eigenvalue weighted by molar-refractivity contribution is 6.02. The van der Waals surface area contributed by atoms with Gasteiger partial charge in [-0.25, -0.2) is 4.98 Å². The highest BCUT2D eigenvalue weighted by atomic mass is 16.4. The number of benzene rings is 1. The molecular weight excluding hydrogens is 240 g/mol. The van der Waals surface area contributed by atoms with E-state index in [2.05, 4.69) is 9.97 Å². The molecule has 0 atom stereocenters. The van der Waals surface area contributed by atoms with Crippen molar-refractivity contribution in [2.24, 2.45) is 0 Å². The van der Waals surface area contributed by atoms with E-state index in [1.165, 1.54) is 6.07 Å². The third kappa shape index (κ3) is 2.04. The largest absolute Gasteiger partial charge is 0.545 e. The van der Waals surface area contributed by atoms with Crippen molar-refractivity contribution >= 4 is 16.9 Å². The monoisotopic (exact) mass is 249 g/mol. The van der Waals surface area contributed by atoms with Crippen LogP contribution in [0.2, 0.25) is 0 Å². The van der Waals surface area contributed by atoms with Crippen molar-refractivity contribution in [3.05, 3.63) is 60.4 Å². The third-order valence-corrected chi connectivity index (χ3v) is 2.91. The SMILES string of the molecule is O=C([O-])c1cc(-c2ccncc2)nc2ccccc12. The summed E-state index contributed by atoms with van der Waals surface area (Å²) < 4.78 is 0. The molecule has 0 unspecified atom stereocenters. The van der Waals surface area contributed by atoms with Crippen LogP contribution in [-0.4, -0.2) is 15.9 Å². The van der Waals surface area contributed by atoms with Crippen LogP contribution in [0.4, 0.5) is 0 Å². The Kier molecular flexibility index (Phi) is 2.68. The van der Waals surface area contributed by atoms with Gasteiger partial charge in [0.2, 0.25) is 0 Å². The summed E-state index contributed by atoms with van der Waals surface area (Å²) >= 11 is 0. The average molecular weight is 249 g/mol. The third-order valence-electron chi connectivity index (χ3n) is 2.91. The predicted molar refractivity (Wildman–Crippen MR) is 69.3 cm³/mol. The van der Waals surface area contributed by atoms with Gasteiger partial charge in [-0.3, -0.25) is 4.98 Å². The second kappa shape index (κ2) is 4.49. The van der Waals surface area contributed by atoms with E-state index in [1.54, 1.807) is 42.7 Å². The molecule has 1 aromatic carbocycles. The lowest BCUT2D eigenvalue weighted by atomic mass is 10.0. The number of nitrogens with zero attached hydrogens (tertiary/aromatic N) is 2. The van der Waals surface area contributed by atoms with Gasteiger partial charge >= 0.3 is 0 Å². The van der Waals surface area contributed by atoms with Crippen LogP contribution >= 0.6 is 0 Å². The van der Waals surface area contributed by atoms with Gasteiger partial charge in [0.25, 0.3) is 0 Å². The number of hydrogen-bond acceptors (Lipinski definition) is 4. The molecule has 92 valence electrons. The van der Waals surface area contributed by atoms with Gasteiger partial charge < -0.3 is 9.90 Å². The first kappa shape index (κ1) is 11.3. The maximum atomic E-state index is 11.2. The Morgan fingerprint density at radius 3 is 2.53 bits per heavy atom. The van der Waals surface area contributed by atoms with Crippen molar-refractivity contribution in [2.45, 2.75) is 0 Å². The number of carboxylic acids is 1. The van der Waals surface area contributed by atoms with Crippen LogP contribution in [-0.2, 0) is 0 Å². The molecule has 0 bridgehead atoms. The maximum Gasteiger partial charge on any atom is 0.0722 e. The minimum atomic E-state index is -1.20. The number of aromatic carboxylic acids is 1. The van der Waals surface area contributed by atoms with Gasteiger partial charge in [0.1, 0.15) is 0 Å². The number of para-hydroxylation sites is 1. The normalized spacial score (nSPS) is 10.5. The van der Waals surface area contributed by atoms with Gasteiger partial charge in [-0.15, -0.1) is 0 Å². The average Bonchev–Trinajstić information content (AvgIpc) is 2.47. The van der Waals surface area contributed by atoms with E-state index in [0.29, 0.717) is 16.6 Å². The van der Waals surface area contributed by atoms with Crippen LogP contribution in [0.15, 0.2) is 54.9 Å². The Balaban J connectivity index is 2.31. The molecule has 0 saturated carbocycles. The summed E-state index contributed by atoms with van der Waals surface area (Å²) in [7, 11) is 0. The van der Waals surface area contributed by atoms with Gasteiger partial charge in [0.05, 0.1) is 17.2 Å². The van der Waals surface area contributed by atoms with E-state index in [9.17, 15) is 9.90 Å². The fraction of sp³-hybridized carbons (Fsp3) is 0. The minimum Gasteiger partial charge on any atom is -0.545 e. The lowest BCUT2D eigenvalue weighted by Crippen LogP contribution is -2.22. The van der Waals surface area contributed by atoms with Crippen molar-refractivity contribution in [3.8, 4) is 11.3 Å². The topological polar surface area (TPSA) is 65.9 Å². The number of hydrogen-bond donors (Lipinski definition) is 0. The highest BCUT2D eigenvalue weighted by Crippen LogP contribution is 2.23. The van der Waals surface area contributed by atoms with Crippen LogP contribution < -0.4 is 5.11 Å². The van der Waals surface area contributed by atoms with Crippen molar-refractivity contribution in [1.82, 2.24) is 9.97 Å². The number of carbonyl (C=O) groups excluding carboxylic acids is 1. The van der Waals surface area contributed by atoms with E-state index in [-0.39, 0.29) is 5.56 Å². The summed E-state index contributed by atoms with van der Waals surface area (Å²) in [4.78, 5) is 19.7. The van der Waals surface area contributed by atoms with Gasteiger partial charge in [-0.05, 0) is 24.3 Å². The van der Waals surface area contributed by atoms with Crippen molar-refractivity contribution in [2.75, 3.05) is 0 Å². The molecule has 4 nitrogen and oxygen atoms in total. The number of fused-ring (bicyclic) bond motifs is 1. The fourth-order valence-corrected chi connectivity index (χ4v) is 2.01. The summed E-state index contributed by atoms with van der Waals surface area (Å²) in [6.45, 7) is 0. The molecule has 0 aliphatic rings. The molecule has 0 fully saturated rings. The standard InChI is InChI=1S/C15H10N2O2/c18-15(19)12-9-14(10-5-7-16-8-6-10)17-13-4-2-1-3-11(12)13/h1-9H,(H,18,19)/p-1. The first-order valence-corrected chi connectivity index (χ1v) is 5.77. The molecule has 4 heteroatoms. The number of carboxylic acid groups (broad SMARTS) is 1. The summed E-state index contributed by atoms with van der Waals surface area (Å²) in [5, 5.41) is 11.8. The fourth-order valence-electron chi connectivity index (χ4n) is 2.01. The van der Waals surface area contributed by atoms with E-state index >= 15 is 0 Å². The summed E-state index contributed by atoms with van der Waals surface area (Å²) in [5.41, 5.74) is 2.21. The number of pyridine rings is 2. The Morgan fingerprint density at radius 2 is 1.79 bits per heavy atom. The van der Waals surface area contributed by atoms with E-state index in [4.69, 9.17) is 0 Å². The van der Waals surface area contributed by atoms with Crippen LogP contribution in [0.5, 0.6) is 0 Å². The number of aromatic nitrogens is 2. The zero-order valence-corrected chi connectivity index (χ0v) is 9.91. The lowest BCUT2D eigenvalue weighted by molar-refractivity contribution is -0.254. The highest BCUT2D eigenvalue weighted by Gasteiger charge is 2.07. The quantitative estimate of drug-likeness (QED) is 0.692. The van der Waals surface area contributed by atoms with Gasteiger partial charge in [0.15, 0.2) is 0 Å². The molecule has 0 aliphatic carbocycles. The van der Waals surface area contributed by atoms with Crippen molar-refractivity contribution in [3.63, 3.8) is 0 Å². The Hall–Kier alpha value is -2.75. The molecule has 0 aliphatic heterocycles. The van der Waals surface area contributed by atoms with Crippen LogP contribution in [0.1, 0.15) is 10.4 Å². The van der Waals surface area contributed by atoms with Crippen molar-refractivity contribution < 1.29 is 9.90 Å². The number of rotatable bonds is 2. The zero-order chi connectivity index (χ0) is 13.2. The maximum absolute atomic E-state index is 11.2. The van der Waals surface area contributed by atoms with Gasteiger partial charge in [0, 0.05) is 28.9 Å². The minimum absolute atomic E-state index is 0.150. The first-order chi connectivity index (χ1) is 9.25. The lowest BCUT2D eigenvalue weighted by Gasteiger charge is -2.10. The van der Waals surface area contributed by atoms with E-state index in [0.717, 1.165) is 5.56 Å². The summed E-state index contributed by atoms with van der Waals surface area (Å²) in [6, 6.07) is 12.2. The molecule has 0 spiro atoms. The smallest absolute Gasteiger partial charge is 0.0722 e. The molecule has 0 amide bonds. The molecule has 19 heavy (non-hydrogen) atoms. The Morgan fingerprint density at radius 1 is 1.05 bits per heavy atom. The molecule has 3 aromatic rings. The van der Waals surface area contributed by atoms with Gasteiger partial charge in [-0.2, -0.15) is 0 Å². The summed E-state index contributed by atoms with van der Waals surface area (Å²) in [5.74, 6) is -1.20. The molecule has 2 heterocycles. The molecule has 0 saturated heterocycles. The molecule has 0 N–H and O–H groups in total. The first-order valence-electron chi connectivity index (χ1n) is 5.77. The van der Waals surface area contributed by atoms with E-state index < -0.39 is 5.97 Å². The van der Waals surface area contributed by atoms with E-state index in [1.807, 2.05) is 6.07 Å². The predicted octanol–water partition coefficient (Wildman–Crippen LogP) is 1.66. The van der Waals surface area contributed by atoms with Crippen LogP contribution in [0, 0.1) is 0 Å². The molecule has 0 radical (unpaired) electrons. The number of carbonyl (C=O) groups is 1.